The molecule has 1 heterocycles. The Balaban J connectivity index is 1.84. The number of carbonyl (C=O) groups excluding carboxylic acids is 1. The van der Waals surface area contributed by atoms with Crippen LogP contribution >= 0.6 is 15.9 Å². The Labute approximate surface area is 170 Å². The van der Waals surface area contributed by atoms with Gasteiger partial charge in [-0.05, 0) is 29.7 Å². The van der Waals surface area contributed by atoms with Crippen LogP contribution in [-0.4, -0.2) is 10.9 Å². The van der Waals surface area contributed by atoms with E-state index in [2.05, 4.69) is 22.0 Å². The van der Waals surface area contributed by atoms with Gasteiger partial charge in [0.05, 0.1) is 5.92 Å². The molecular formula is C22H17BrN2O3. The molecule has 0 unspecified atom stereocenters. The molecule has 6 heteroatoms. The van der Waals surface area contributed by atoms with Gasteiger partial charge in [0, 0.05) is 28.5 Å². The lowest BCUT2D eigenvalue weighted by Crippen LogP contribution is -2.29. The normalized spacial score (nSPS) is 21.8. The van der Waals surface area contributed by atoms with E-state index in [4.69, 9.17) is 10.5 Å². The van der Waals surface area contributed by atoms with Crippen molar-refractivity contribution in [2.45, 2.75) is 24.7 Å². The summed E-state index contributed by atoms with van der Waals surface area (Å²) in [5, 5.41) is 20.1. The van der Waals surface area contributed by atoms with Gasteiger partial charge < -0.3 is 15.6 Å². The number of aromatic hydroxyl groups is 1. The van der Waals surface area contributed by atoms with E-state index < -0.39 is 5.92 Å². The third kappa shape index (κ3) is 3.08. The SMILES string of the molecule is N#CC1=C(N)OC2=C(C(=O)C[C@@H](c3ccccc3)C2)[C@H]1c1cc(Br)ccc1O. The number of ketones is 1. The van der Waals surface area contributed by atoms with Gasteiger partial charge in [-0.25, -0.2) is 0 Å². The fraction of sp³-hybridized carbons (Fsp3) is 0.182. The van der Waals surface area contributed by atoms with E-state index in [1.807, 2.05) is 30.3 Å². The molecule has 140 valence electrons. The average Bonchev–Trinajstić information content (AvgIpc) is 2.69. The number of hydrogen-bond acceptors (Lipinski definition) is 5. The van der Waals surface area contributed by atoms with Crippen LogP contribution in [0.2, 0.25) is 0 Å². The summed E-state index contributed by atoms with van der Waals surface area (Å²) in [5.74, 6) is -0.394. The van der Waals surface area contributed by atoms with Gasteiger partial charge in [0.1, 0.15) is 23.2 Å². The number of nitriles is 1. The predicted octanol–water partition coefficient (Wildman–Crippen LogP) is 4.36. The lowest BCUT2D eigenvalue weighted by molar-refractivity contribution is -0.117. The highest BCUT2D eigenvalue weighted by molar-refractivity contribution is 9.10. The zero-order chi connectivity index (χ0) is 19.8. The number of hydrogen-bond donors (Lipinski definition) is 2. The number of ether oxygens (including phenoxy) is 1. The summed E-state index contributed by atoms with van der Waals surface area (Å²) in [4.78, 5) is 13.2. The van der Waals surface area contributed by atoms with Crippen molar-refractivity contribution in [1.82, 2.24) is 0 Å². The molecule has 2 aromatic rings. The zero-order valence-corrected chi connectivity index (χ0v) is 16.4. The van der Waals surface area contributed by atoms with Crippen LogP contribution in [-0.2, 0) is 9.53 Å². The van der Waals surface area contributed by atoms with E-state index in [1.54, 1.807) is 12.1 Å². The van der Waals surface area contributed by atoms with Crippen molar-refractivity contribution in [1.29, 1.82) is 5.26 Å². The third-order valence-corrected chi connectivity index (χ3v) is 5.73. The first-order valence-electron chi connectivity index (χ1n) is 8.86. The molecule has 0 radical (unpaired) electrons. The summed E-state index contributed by atoms with van der Waals surface area (Å²) in [6, 6.07) is 16.8. The quantitative estimate of drug-likeness (QED) is 0.728. The molecule has 0 saturated carbocycles. The summed E-state index contributed by atoms with van der Waals surface area (Å²) < 4.78 is 6.47. The second kappa shape index (κ2) is 7.17. The van der Waals surface area contributed by atoms with Gasteiger partial charge in [-0.15, -0.1) is 0 Å². The van der Waals surface area contributed by atoms with E-state index in [0.29, 0.717) is 29.7 Å². The summed E-state index contributed by atoms with van der Waals surface area (Å²) in [5.41, 5.74) is 8.10. The molecule has 0 aromatic heterocycles. The average molecular weight is 437 g/mol. The largest absolute Gasteiger partial charge is 0.508 e. The molecule has 28 heavy (non-hydrogen) atoms. The minimum absolute atomic E-state index is 0.000447. The maximum atomic E-state index is 13.2. The fourth-order valence-corrected chi connectivity index (χ4v) is 4.32. The lowest BCUT2D eigenvalue weighted by Gasteiger charge is -2.34. The van der Waals surface area contributed by atoms with Crippen LogP contribution in [0.3, 0.4) is 0 Å². The molecule has 0 spiro atoms. The summed E-state index contributed by atoms with van der Waals surface area (Å²) in [7, 11) is 0. The van der Waals surface area contributed by atoms with Crippen molar-refractivity contribution in [2.75, 3.05) is 0 Å². The molecule has 1 aliphatic carbocycles. The molecule has 5 nitrogen and oxygen atoms in total. The summed E-state index contributed by atoms with van der Waals surface area (Å²) in [6.45, 7) is 0. The molecule has 2 atom stereocenters. The van der Waals surface area contributed by atoms with Crippen LogP contribution in [0.5, 0.6) is 5.75 Å². The van der Waals surface area contributed by atoms with E-state index in [0.717, 1.165) is 10.0 Å². The number of phenolic OH excluding ortho intramolecular Hbond substituents is 1. The minimum Gasteiger partial charge on any atom is -0.508 e. The Kier molecular flexibility index (Phi) is 4.70. The fourth-order valence-electron chi connectivity index (χ4n) is 3.94. The maximum Gasteiger partial charge on any atom is 0.205 e. The maximum absolute atomic E-state index is 13.2. The first-order valence-corrected chi connectivity index (χ1v) is 9.66. The molecule has 4 rings (SSSR count). The highest BCUT2D eigenvalue weighted by Crippen LogP contribution is 2.48. The van der Waals surface area contributed by atoms with E-state index in [1.165, 1.54) is 6.07 Å². The number of rotatable bonds is 2. The highest BCUT2D eigenvalue weighted by atomic mass is 79.9. The van der Waals surface area contributed by atoms with Crippen molar-refractivity contribution in [2.24, 2.45) is 5.73 Å². The standard InChI is InChI=1S/C22H17BrN2O3/c23-14-6-7-17(26)15(10-14)20-16(11-24)22(25)28-19-9-13(8-18(27)21(19)20)12-4-2-1-3-5-12/h1-7,10,13,20,26H,8-9,25H2/t13-,20+/m1/s1. The van der Waals surface area contributed by atoms with E-state index in [9.17, 15) is 15.2 Å². The van der Waals surface area contributed by atoms with Gasteiger partial charge >= 0.3 is 0 Å². The Morgan fingerprint density at radius 2 is 1.93 bits per heavy atom. The number of nitrogens with two attached hydrogens (primary N) is 1. The van der Waals surface area contributed by atoms with Crippen LogP contribution in [0.1, 0.15) is 35.8 Å². The lowest BCUT2D eigenvalue weighted by atomic mass is 9.73. The molecule has 0 amide bonds. The smallest absolute Gasteiger partial charge is 0.205 e. The Bertz CT molecular complexity index is 1070. The molecule has 2 aliphatic rings. The Morgan fingerprint density at radius 3 is 2.64 bits per heavy atom. The van der Waals surface area contributed by atoms with E-state index >= 15 is 0 Å². The molecule has 2 aromatic carbocycles. The Hall–Kier alpha value is -3.04. The first kappa shape index (κ1) is 18.3. The number of Topliss-reactive ketones (excluding diaryl/α,β-unsaturated/α-hetero) is 1. The topological polar surface area (TPSA) is 96.3 Å². The van der Waals surface area contributed by atoms with Crippen LogP contribution < -0.4 is 5.73 Å². The van der Waals surface area contributed by atoms with Crippen LogP contribution in [0.15, 0.2) is 75.8 Å². The number of carbonyl (C=O) groups is 1. The highest BCUT2D eigenvalue weighted by Gasteiger charge is 2.41. The second-order valence-electron chi connectivity index (χ2n) is 6.90. The molecule has 0 saturated heterocycles. The molecule has 1 aliphatic heterocycles. The molecule has 0 bridgehead atoms. The van der Waals surface area contributed by atoms with Gasteiger partial charge in [-0.1, -0.05) is 46.3 Å². The van der Waals surface area contributed by atoms with Gasteiger partial charge in [-0.3, -0.25) is 4.79 Å². The summed E-state index contributed by atoms with van der Waals surface area (Å²) in [6.07, 6.45) is 0.825. The predicted molar refractivity (Wildman–Crippen MR) is 107 cm³/mol. The zero-order valence-electron chi connectivity index (χ0n) is 14.9. The van der Waals surface area contributed by atoms with E-state index in [-0.39, 0.29) is 28.9 Å². The van der Waals surface area contributed by atoms with Crippen LogP contribution in [0.4, 0.5) is 0 Å². The van der Waals surface area contributed by atoms with Crippen LogP contribution in [0.25, 0.3) is 0 Å². The second-order valence-corrected chi connectivity index (χ2v) is 7.82. The van der Waals surface area contributed by atoms with Gasteiger partial charge in [0.25, 0.3) is 0 Å². The van der Waals surface area contributed by atoms with Crippen molar-refractivity contribution in [3.05, 3.63) is 86.9 Å². The number of nitrogens with zero attached hydrogens (tertiary/aromatic N) is 1. The molecular weight excluding hydrogens is 420 g/mol. The van der Waals surface area contributed by atoms with Crippen molar-refractivity contribution < 1.29 is 14.6 Å². The van der Waals surface area contributed by atoms with Crippen molar-refractivity contribution in [3.63, 3.8) is 0 Å². The first-order chi connectivity index (χ1) is 13.5. The van der Waals surface area contributed by atoms with Crippen molar-refractivity contribution in [3.8, 4) is 11.8 Å². The van der Waals surface area contributed by atoms with Gasteiger partial charge in [-0.2, -0.15) is 5.26 Å². The molecule has 3 N–H and O–H groups in total. The number of benzene rings is 2. The van der Waals surface area contributed by atoms with Crippen LogP contribution in [0, 0.1) is 11.3 Å². The summed E-state index contributed by atoms with van der Waals surface area (Å²) >= 11 is 3.39. The number of phenols is 1. The van der Waals surface area contributed by atoms with Gasteiger partial charge in [0.15, 0.2) is 5.78 Å². The van der Waals surface area contributed by atoms with Crippen molar-refractivity contribution >= 4 is 21.7 Å². The Morgan fingerprint density at radius 1 is 1.18 bits per heavy atom. The van der Waals surface area contributed by atoms with Gasteiger partial charge in [0.2, 0.25) is 5.88 Å². The minimum atomic E-state index is -0.740. The third-order valence-electron chi connectivity index (χ3n) is 5.23. The number of allylic oxidation sites excluding steroid dienone is 3. The monoisotopic (exact) mass is 436 g/mol. The number of halogens is 1. The molecule has 0 fully saturated rings.